The van der Waals surface area contributed by atoms with Crippen molar-refractivity contribution in [2.45, 2.75) is 42.2 Å². The second-order valence-electron chi connectivity index (χ2n) is 11.2. The number of fused-ring (bicyclic) bond motifs is 2. The van der Waals surface area contributed by atoms with E-state index in [2.05, 4.69) is 70.3 Å². The number of rotatable bonds is 14. The minimum Gasteiger partial charge on any atom is -0.492 e. The molecule has 0 radical (unpaired) electrons. The molecule has 1 fully saturated rings. The molecule has 0 spiro atoms. The molecule has 45 heavy (non-hydrogen) atoms. The molecule has 2 N–H and O–H groups in total. The first-order chi connectivity index (χ1) is 20.4. The summed E-state index contributed by atoms with van der Waals surface area (Å²) >= 11 is 8.21. The maximum absolute atomic E-state index is 10.0. The molecule has 0 aliphatic carbocycles. The Labute approximate surface area is 296 Å². The van der Waals surface area contributed by atoms with Gasteiger partial charge in [0, 0.05) is 66.7 Å². The highest BCUT2D eigenvalue weighted by molar-refractivity contribution is 7.99. The Bertz CT molecular complexity index is 1280. The molecular weight excluding hydrogens is 674 g/mol. The van der Waals surface area contributed by atoms with Gasteiger partial charge in [-0.15, -0.1) is 37.2 Å². The number of halogens is 4. The maximum atomic E-state index is 10.0. The summed E-state index contributed by atoms with van der Waals surface area (Å²) in [5, 5.41) is 14.0. The minimum atomic E-state index is -0.535. The fourth-order valence-electron chi connectivity index (χ4n) is 5.28. The van der Waals surface area contributed by atoms with Crippen LogP contribution in [0.5, 0.6) is 11.5 Å². The van der Waals surface area contributed by atoms with Crippen molar-refractivity contribution in [3.05, 3.63) is 71.8 Å². The van der Waals surface area contributed by atoms with Gasteiger partial charge in [-0.25, -0.2) is 0 Å². The fourth-order valence-corrected chi connectivity index (χ4v) is 6.52. The molecular formula is C33H46Cl4N4O3S. The monoisotopic (exact) mass is 718 g/mol. The number of hydrogen-bond acceptors (Lipinski definition) is 8. The Hall–Kier alpha value is -1.59. The summed E-state index contributed by atoms with van der Waals surface area (Å²) in [4.78, 5) is 10.1. The van der Waals surface area contributed by atoms with Crippen LogP contribution in [0.2, 0.25) is 5.02 Å². The average molecular weight is 721 g/mol. The lowest BCUT2D eigenvalue weighted by atomic mass is 10.2. The van der Waals surface area contributed by atoms with E-state index in [0.29, 0.717) is 19.2 Å². The van der Waals surface area contributed by atoms with Gasteiger partial charge in [0.1, 0.15) is 30.8 Å². The number of aliphatic hydroxyl groups excluding tert-OH is 1. The van der Waals surface area contributed by atoms with Crippen molar-refractivity contribution in [1.29, 1.82) is 0 Å². The van der Waals surface area contributed by atoms with Crippen LogP contribution in [0.25, 0.3) is 0 Å². The quantitative estimate of drug-likeness (QED) is 0.184. The van der Waals surface area contributed by atoms with Crippen molar-refractivity contribution < 1.29 is 14.6 Å². The predicted octanol–water partition coefficient (Wildman–Crippen LogP) is 7.03. The maximum Gasteiger partial charge on any atom is 0.119 e. The van der Waals surface area contributed by atoms with Crippen molar-refractivity contribution in [2.24, 2.45) is 0 Å². The summed E-state index contributed by atoms with van der Waals surface area (Å²) in [6.07, 6.45) is 0.564. The van der Waals surface area contributed by atoms with Crippen LogP contribution in [-0.2, 0) is 0 Å². The summed E-state index contributed by atoms with van der Waals surface area (Å²) in [6.45, 7) is 12.8. The Morgan fingerprint density at radius 2 is 1.42 bits per heavy atom. The van der Waals surface area contributed by atoms with Gasteiger partial charge in [0.25, 0.3) is 0 Å². The van der Waals surface area contributed by atoms with Gasteiger partial charge >= 0.3 is 0 Å². The third-order valence-electron chi connectivity index (χ3n) is 7.61. The lowest BCUT2D eigenvalue weighted by molar-refractivity contribution is 0.104. The van der Waals surface area contributed by atoms with Gasteiger partial charge in [-0.2, -0.15) is 0 Å². The van der Waals surface area contributed by atoms with E-state index in [0.717, 1.165) is 68.8 Å². The summed E-state index contributed by atoms with van der Waals surface area (Å²) in [5.41, 5.74) is 2.49. The van der Waals surface area contributed by atoms with Crippen molar-refractivity contribution in [3.8, 4) is 11.5 Å². The summed E-state index contributed by atoms with van der Waals surface area (Å²) in [5.74, 6) is 1.57. The molecule has 3 aromatic carbocycles. The van der Waals surface area contributed by atoms with Crippen LogP contribution >= 0.6 is 60.6 Å². The average Bonchev–Trinajstić information content (AvgIpc) is 3.00. The lowest BCUT2D eigenvalue weighted by Crippen LogP contribution is -2.47. The topological polar surface area (TPSA) is 60.4 Å². The molecule has 1 saturated heterocycles. The molecule has 12 heteroatoms. The number of nitrogens with zero attached hydrogens (tertiary/aromatic N) is 3. The van der Waals surface area contributed by atoms with Crippen molar-refractivity contribution in [1.82, 2.24) is 15.1 Å². The first-order valence-electron chi connectivity index (χ1n) is 15.0. The van der Waals surface area contributed by atoms with E-state index < -0.39 is 6.10 Å². The fraction of sp³-hybridized carbons (Fsp3) is 0.455. The molecule has 5 rings (SSSR count). The number of benzene rings is 3. The summed E-state index contributed by atoms with van der Waals surface area (Å²) in [6, 6.07) is 22.9. The number of piperazine rings is 1. The molecule has 2 aliphatic rings. The largest absolute Gasteiger partial charge is 0.492 e. The summed E-state index contributed by atoms with van der Waals surface area (Å²) in [7, 11) is 0. The number of nitrogens with one attached hydrogen (secondary N) is 1. The van der Waals surface area contributed by atoms with Gasteiger partial charge in [0.15, 0.2) is 0 Å². The second-order valence-corrected chi connectivity index (χ2v) is 12.7. The van der Waals surface area contributed by atoms with Crippen LogP contribution < -0.4 is 19.7 Å². The van der Waals surface area contributed by atoms with Gasteiger partial charge in [-0.1, -0.05) is 49.3 Å². The van der Waals surface area contributed by atoms with E-state index >= 15 is 0 Å². The van der Waals surface area contributed by atoms with Crippen LogP contribution in [0.15, 0.2) is 76.5 Å². The molecule has 7 nitrogen and oxygen atoms in total. The first kappa shape index (κ1) is 39.6. The first-order valence-corrected chi connectivity index (χ1v) is 16.2. The minimum absolute atomic E-state index is 0. The normalized spacial score (nSPS) is 15.2. The Kier molecular flexibility index (Phi) is 17.5. The van der Waals surface area contributed by atoms with E-state index in [1.165, 1.54) is 21.2 Å². The van der Waals surface area contributed by atoms with Gasteiger partial charge in [0.05, 0.1) is 11.4 Å². The highest BCUT2D eigenvalue weighted by Gasteiger charge is 2.24. The standard InChI is InChI=1S/C33H43ClN4O3S.3ClH/c1-25(2)35-23-27(39)24-41-29-11-9-28(10-12-29)40-21-20-37-18-16-36(17-19-37)14-5-15-38-30-6-3-4-7-32(30)42-33-13-8-26(34)22-31(33)38;;;/h3-4,6-13,22,25,27,35,39H,5,14-21,23-24H2,1-2H3;3*1H/t27-;;;/m1.../s1. The zero-order chi connectivity index (χ0) is 29.3. The van der Waals surface area contributed by atoms with E-state index in [9.17, 15) is 5.11 Å². The number of ether oxygens (including phenoxy) is 2. The molecule has 0 saturated carbocycles. The van der Waals surface area contributed by atoms with E-state index in [1.807, 2.05) is 42.1 Å². The smallest absolute Gasteiger partial charge is 0.119 e. The Morgan fingerprint density at radius 3 is 2.11 bits per heavy atom. The lowest BCUT2D eigenvalue weighted by Gasteiger charge is -2.36. The molecule has 250 valence electrons. The number of para-hydroxylation sites is 1. The third kappa shape index (κ3) is 11.9. The molecule has 0 unspecified atom stereocenters. The van der Waals surface area contributed by atoms with E-state index in [-0.39, 0.29) is 43.8 Å². The van der Waals surface area contributed by atoms with Gasteiger partial charge in [-0.3, -0.25) is 4.90 Å². The summed E-state index contributed by atoms with van der Waals surface area (Å²) < 4.78 is 11.7. The third-order valence-corrected chi connectivity index (χ3v) is 8.98. The number of aliphatic hydroxyl groups is 1. The van der Waals surface area contributed by atoms with Gasteiger partial charge in [0.2, 0.25) is 0 Å². The molecule has 1 atom stereocenters. The van der Waals surface area contributed by atoms with Crippen molar-refractivity contribution in [2.75, 3.05) is 70.5 Å². The molecule has 2 heterocycles. The van der Waals surface area contributed by atoms with Gasteiger partial charge < -0.3 is 29.7 Å². The molecule has 0 bridgehead atoms. The zero-order valence-corrected chi connectivity index (χ0v) is 29.9. The van der Waals surface area contributed by atoms with E-state index in [1.54, 1.807) is 0 Å². The van der Waals surface area contributed by atoms with Crippen LogP contribution in [-0.4, -0.2) is 92.6 Å². The number of hydrogen-bond donors (Lipinski definition) is 2. The highest BCUT2D eigenvalue weighted by Crippen LogP contribution is 2.48. The van der Waals surface area contributed by atoms with Crippen molar-refractivity contribution >= 4 is 72.0 Å². The SMILES string of the molecule is CC(C)NC[C@@H](O)COc1ccc(OCCN2CCN(CCCN3c4ccccc4Sc4ccc(Cl)cc43)CC2)cc1.Cl.Cl.Cl. The van der Waals surface area contributed by atoms with Crippen LogP contribution in [0.4, 0.5) is 11.4 Å². The van der Waals surface area contributed by atoms with E-state index in [4.69, 9.17) is 21.1 Å². The predicted molar refractivity (Wildman–Crippen MR) is 195 cm³/mol. The van der Waals surface area contributed by atoms with Crippen LogP contribution in [0, 0.1) is 0 Å². The molecule has 2 aliphatic heterocycles. The zero-order valence-electron chi connectivity index (χ0n) is 25.9. The molecule has 3 aromatic rings. The van der Waals surface area contributed by atoms with Crippen molar-refractivity contribution in [3.63, 3.8) is 0 Å². The number of anilines is 2. The van der Waals surface area contributed by atoms with Crippen LogP contribution in [0.3, 0.4) is 0 Å². The second kappa shape index (κ2) is 19.9. The Balaban J connectivity index is 0.00000235. The Morgan fingerprint density at radius 1 is 0.800 bits per heavy atom. The van der Waals surface area contributed by atoms with Crippen LogP contribution in [0.1, 0.15) is 20.3 Å². The van der Waals surface area contributed by atoms with Gasteiger partial charge in [-0.05, 0) is 67.6 Å². The molecule has 0 amide bonds. The highest BCUT2D eigenvalue weighted by atomic mass is 35.5. The molecule has 0 aromatic heterocycles.